The quantitative estimate of drug-likeness (QED) is 0.559. The van der Waals surface area contributed by atoms with Crippen LogP contribution in [0.1, 0.15) is 58.3 Å². The molecule has 0 bridgehead atoms. The first-order chi connectivity index (χ1) is 7.72. The third-order valence-corrected chi connectivity index (χ3v) is 3.43. The van der Waals surface area contributed by atoms with E-state index in [1.165, 1.54) is 19.3 Å². The van der Waals surface area contributed by atoms with Gasteiger partial charge in [-0.3, -0.25) is 4.79 Å². The maximum absolute atomic E-state index is 11.6. The van der Waals surface area contributed by atoms with E-state index in [1.807, 2.05) is 0 Å². The third-order valence-electron chi connectivity index (χ3n) is 3.43. The van der Waals surface area contributed by atoms with Crippen LogP contribution in [0.25, 0.3) is 0 Å². The number of carbonyl (C=O) groups excluding carboxylic acids is 1. The summed E-state index contributed by atoms with van der Waals surface area (Å²) in [7, 11) is 0. The zero-order chi connectivity index (χ0) is 11.8. The zero-order valence-electron chi connectivity index (χ0n) is 10.4. The first-order valence-electron chi connectivity index (χ1n) is 6.62. The lowest BCUT2D eigenvalue weighted by Gasteiger charge is -2.16. The Labute approximate surface area is 98.6 Å². The van der Waals surface area contributed by atoms with Crippen LogP contribution in [0, 0.1) is 5.92 Å². The minimum absolute atomic E-state index is 0.160. The van der Waals surface area contributed by atoms with E-state index >= 15 is 0 Å². The molecular weight excluding hydrogens is 202 g/mol. The fourth-order valence-corrected chi connectivity index (χ4v) is 2.33. The Morgan fingerprint density at radius 3 is 2.81 bits per heavy atom. The van der Waals surface area contributed by atoms with Crippen molar-refractivity contribution in [2.24, 2.45) is 5.92 Å². The smallest absolute Gasteiger partial charge is 0.220 e. The summed E-state index contributed by atoms with van der Waals surface area (Å²) < 4.78 is 0. The van der Waals surface area contributed by atoms with Crippen molar-refractivity contribution in [3.8, 4) is 0 Å². The van der Waals surface area contributed by atoms with Gasteiger partial charge in [-0.05, 0) is 38.0 Å². The fraction of sp³-hybridized carbons (Fsp3) is 0.923. The summed E-state index contributed by atoms with van der Waals surface area (Å²) in [6, 6.07) is 0.395. The number of nitrogens with one attached hydrogen (secondary N) is 1. The van der Waals surface area contributed by atoms with Crippen LogP contribution >= 0.6 is 0 Å². The molecule has 1 aliphatic carbocycles. The van der Waals surface area contributed by atoms with E-state index in [1.54, 1.807) is 0 Å². The molecule has 0 radical (unpaired) electrons. The Bertz CT molecular complexity index is 206. The van der Waals surface area contributed by atoms with Gasteiger partial charge in [0.2, 0.25) is 5.91 Å². The molecule has 1 aliphatic rings. The van der Waals surface area contributed by atoms with Gasteiger partial charge < -0.3 is 10.4 Å². The van der Waals surface area contributed by atoms with Crippen molar-refractivity contribution in [1.29, 1.82) is 0 Å². The molecule has 0 heterocycles. The van der Waals surface area contributed by atoms with E-state index in [2.05, 4.69) is 12.2 Å². The summed E-state index contributed by atoms with van der Waals surface area (Å²) in [4.78, 5) is 11.6. The molecule has 1 rings (SSSR count). The van der Waals surface area contributed by atoms with Crippen LogP contribution in [0.15, 0.2) is 0 Å². The van der Waals surface area contributed by atoms with Crippen molar-refractivity contribution in [3.63, 3.8) is 0 Å². The van der Waals surface area contributed by atoms with Crippen LogP contribution in [0.4, 0.5) is 0 Å². The molecule has 2 unspecified atom stereocenters. The zero-order valence-corrected chi connectivity index (χ0v) is 10.4. The van der Waals surface area contributed by atoms with Gasteiger partial charge in [-0.2, -0.15) is 0 Å². The van der Waals surface area contributed by atoms with Crippen molar-refractivity contribution < 1.29 is 9.90 Å². The van der Waals surface area contributed by atoms with Crippen LogP contribution in [-0.4, -0.2) is 23.7 Å². The Morgan fingerprint density at radius 1 is 1.25 bits per heavy atom. The van der Waals surface area contributed by atoms with Crippen LogP contribution in [0.2, 0.25) is 0 Å². The molecule has 1 amide bonds. The van der Waals surface area contributed by atoms with Gasteiger partial charge in [0.1, 0.15) is 0 Å². The maximum atomic E-state index is 11.6. The van der Waals surface area contributed by atoms with Gasteiger partial charge in [0, 0.05) is 19.1 Å². The first-order valence-corrected chi connectivity index (χ1v) is 6.62. The van der Waals surface area contributed by atoms with Gasteiger partial charge in [0.05, 0.1) is 0 Å². The van der Waals surface area contributed by atoms with Crippen molar-refractivity contribution in [3.05, 3.63) is 0 Å². The number of hydrogen-bond donors (Lipinski definition) is 2. The summed E-state index contributed by atoms with van der Waals surface area (Å²) in [5, 5.41) is 11.8. The Morgan fingerprint density at radius 2 is 2.06 bits per heavy atom. The predicted octanol–water partition coefficient (Wildman–Crippen LogP) is 2.23. The highest BCUT2D eigenvalue weighted by atomic mass is 16.2. The van der Waals surface area contributed by atoms with Crippen LogP contribution < -0.4 is 5.32 Å². The van der Waals surface area contributed by atoms with E-state index in [4.69, 9.17) is 5.11 Å². The molecule has 2 atom stereocenters. The van der Waals surface area contributed by atoms with Crippen LogP contribution in [0.3, 0.4) is 0 Å². The minimum Gasteiger partial charge on any atom is -0.396 e. The molecule has 0 spiro atoms. The average Bonchev–Trinajstić information content (AvgIpc) is 2.44. The highest BCUT2D eigenvalue weighted by Crippen LogP contribution is 2.22. The third kappa shape index (κ3) is 5.50. The van der Waals surface area contributed by atoms with Gasteiger partial charge in [-0.25, -0.2) is 0 Å². The summed E-state index contributed by atoms with van der Waals surface area (Å²) in [5.74, 6) is 0.976. The molecule has 0 aromatic heterocycles. The number of unbranched alkanes of at least 4 members (excludes halogenated alkanes) is 1. The first kappa shape index (κ1) is 13.5. The molecule has 3 nitrogen and oxygen atoms in total. The van der Waals surface area contributed by atoms with E-state index in [9.17, 15) is 4.79 Å². The Balaban J connectivity index is 2.17. The number of carbonyl (C=O) groups is 1. The number of aliphatic hydroxyl groups is 1. The Kier molecular flexibility index (Phi) is 6.46. The molecule has 0 aliphatic heterocycles. The lowest BCUT2D eigenvalue weighted by molar-refractivity contribution is -0.122. The van der Waals surface area contributed by atoms with Crippen molar-refractivity contribution in [2.75, 3.05) is 6.61 Å². The van der Waals surface area contributed by atoms with Crippen molar-refractivity contribution >= 4 is 5.91 Å². The monoisotopic (exact) mass is 227 g/mol. The normalized spacial score (nSPS) is 26.1. The second-order valence-electron chi connectivity index (χ2n) is 5.06. The second-order valence-corrected chi connectivity index (χ2v) is 5.06. The fourth-order valence-electron chi connectivity index (χ4n) is 2.33. The van der Waals surface area contributed by atoms with Gasteiger partial charge in [-0.15, -0.1) is 0 Å². The largest absolute Gasteiger partial charge is 0.396 e. The summed E-state index contributed by atoms with van der Waals surface area (Å²) >= 11 is 0. The van der Waals surface area contributed by atoms with E-state index in [-0.39, 0.29) is 12.5 Å². The number of hydrogen-bond acceptors (Lipinski definition) is 2. The molecule has 0 saturated heterocycles. The second kappa shape index (κ2) is 7.66. The lowest BCUT2D eigenvalue weighted by atomic mass is 10.0. The van der Waals surface area contributed by atoms with Crippen molar-refractivity contribution in [1.82, 2.24) is 5.32 Å². The molecule has 0 aromatic carbocycles. The minimum atomic E-state index is 0.160. The molecule has 16 heavy (non-hydrogen) atoms. The van der Waals surface area contributed by atoms with Crippen molar-refractivity contribution in [2.45, 2.75) is 64.3 Å². The SMILES string of the molecule is CC1CCCC(NC(=O)CCCCO)CC1. The van der Waals surface area contributed by atoms with Gasteiger partial charge in [-0.1, -0.05) is 19.8 Å². The highest BCUT2D eigenvalue weighted by Gasteiger charge is 2.17. The molecule has 1 saturated carbocycles. The Hall–Kier alpha value is -0.570. The molecule has 94 valence electrons. The van der Waals surface area contributed by atoms with E-state index in [0.717, 1.165) is 31.6 Å². The lowest BCUT2D eigenvalue weighted by Crippen LogP contribution is -2.34. The molecule has 2 N–H and O–H groups in total. The topological polar surface area (TPSA) is 49.3 Å². The standard InChI is InChI=1S/C13H25NO2/c1-11-5-4-6-12(9-8-11)14-13(16)7-2-3-10-15/h11-12,15H,2-10H2,1H3,(H,14,16). The highest BCUT2D eigenvalue weighted by molar-refractivity contribution is 5.76. The summed E-state index contributed by atoms with van der Waals surface area (Å²) in [6.07, 6.45) is 8.14. The van der Waals surface area contributed by atoms with E-state index < -0.39 is 0 Å². The number of rotatable bonds is 5. The van der Waals surface area contributed by atoms with Gasteiger partial charge >= 0.3 is 0 Å². The predicted molar refractivity (Wildman–Crippen MR) is 65.1 cm³/mol. The average molecular weight is 227 g/mol. The molecule has 0 aromatic rings. The summed E-state index contributed by atoms with van der Waals surface area (Å²) in [6.45, 7) is 2.49. The number of aliphatic hydroxyl groups excluding tert-OH is 1. The number of amides is 1. The molecule has 1 fully saturated rings. The maximum Gasteiger partial charge on any atom is 0.220 e. The van der Waals surface area contributed by atoms with Crippen LogP contribution in [0.5, 0.6) is 0 Å². The molecular formula is C13H25NO2. The van der Waals surface area contributed by atoms with E-state index in [0.29, 0.717) is 12.5 Å². The van der Waals surface area contributed by atoms with Gasteiger partial charge in [0.25, 0.3) is 0 Å². The summed E-state index contributed by atoms with van der Waals surface area (Å²) in [5.41, 5.74) is 0. The molecule has 3 heteroatoms. The van der Waals surface area contributed by atoms with Gasteiger partial charge in [0.15, 0.2) is 0 Å². The van der Waals surface area contributed by atoms with Crippen LogP contribution in [-0.2, 0) is 4.79 Å².